The summed E-state index contributed by atoms with van der Waals surface area (Å²) in [7, 11) is -3.32. The zero-order valence-electron chi connectivity index (χ0n) is 28.1. The second-order valence-electron chi connectivity index (χ2n) is 12.0. The van der Waals surface area contributed by atoms with Crippen molar-refractivity contribution in [1.82, 2.24) is 10.0 Å². The highest BCUT2D eigenvalue weighted by atomic mass is 35.5. The predicted molar refractivity (Wildman–Crippen MR) is 189 cm³/mol. The lowest BCUT2D eigenvalue weighted by Gasteiger charge is -2.24. The summed E-state index contributed by atoms with van der Waals surface area (Å²) < 4.78 is 25.6. The summed E-state index contributed by atoms with van der Waals surface area (Å²) in [6.07, 6.45) is 19.7. The summed E-state index contributed by atoms with van der Waals surface area (Å²) in [5, 5.41) is 2.87. The number of ketones is 1. The van der Waals surface area contributed by atoms with Crippen LogP contribution in [-0.2, 0) is 19.6 Å². The van der Waals surface area contributed by atoms with Crippen LogP contribution < -0.4 is 14.9 Å². The van der Waals surface area contributed by atoms with Gasteiger partial charge in [0.1, 0.15) is 0 Å². The first-order valence-electron chi connectivity index (χ1n) is 16.8. The molecule has 1 aliphatic rings. The number of anilines is 1. The first-order chi connectivity index (χ1) is 21.5. The van der Waals surface area contributed by atoms with E-state index in [1.54, 1.807) is 6.08 Å². The predicted octanol–water partition coefficient (Wildman–Crippen LogP) is 8.37. The van der Waals surface area contributed by atoms with E-state index in [1.165, 1.54) is 64.2 Å². The van der Waals surface area contributed by atoms with Crippen molar-refractivity contribution in [2.45, 2.75) is 124 Å². The maximum Gasteiger partial charge on any atom is 0.224 e. The summed E-state index contributed by atoms with van der Waals surface area (Å²) in [6, 6.07) is 5.69. The van der Waals surface area contributed by atoms with Gasteiger partial charge in [-0.25, -0.2) is 13.4 Å². The van der Waals surface area contributed by atoms with Crippen LogP contribution in [0, 0.1) is 6.92 Å². The van der Waals surface area contributed by atoms with Gasteiger partial charge >= 0.3 is 0 Å². The highest BCUT2D eigenvalue weighted by Gasteiger charge is 2.27. The molecule has 10 heteroatoms. The van der Waals surface area contributed by atoms with Gasteiger partial charge in [-0.1, -0.05) is 102 Å². The van der Waals surface area contributed by atoms with Gasteiger partial charge < -0.3 is 10.2 Å². The van der Waals surface area contributed by atoms with Crippen molar-refractivity contribution in [2.24, 2.45) is 4.99 Å². The van der Waals surface area contributed by atoms with Crippen LogP contribution in [0.15, 0.2) is 45.6 Å². The molecule has 45 heavy (non-hydrogen) atoms. The molecule has 252 valence electrons. The Bertz CT molecular complexity index is 1320. The van der Waals surface area contributed by atoms with Gasteiger partial charge in [0.15, 0.2) is 0 Å². The molecule has 0 saturated heterocycles. The minimum atomic E-state index is -3.32. The molecule has 0 aromatic heterocycles. The van der Waals surface area contributed by atoms with E-state index in [0.717, 1.165) is 36.8 Å². The van der Waals surface area contributed by atoms with E-state index in [1.807, 2.05) is 43.9 Å². The van der Waals surface area contributed by atoms with E-state index in [2.05, 4.69) is 17.0 Å². The van der Waals surface area contributed by atoms with Gasteiger partial charge in [0.05, 0.1) is 35.1 Å². The molecule has 0 fully saturated rings. The number of halogens is 1. The molecule has 0 unspecified atom stereocenters. The second-order valence-corrected chi connectivity index (χ2v) is 14.2. The van der Waals surface area contributed by atoms with Crippen LogP contribution in [0.2, 0.25) is 0 Å². The Morgan fingerprint density at radius 1 is 0.911 bits per heavy atom. The van der Waals surface area contributed by atoms with Crippen molar-refractivity contribution in [3.63, 3.8) is 0 Å². The summed E-state index contributed by atoms with van der Waals surface area (Å²) in [4.78, 5) is 32.6. The number of allylic oxidation sites excluding steroid dienone is 3. The molecule has 0 spiro atoms. The average Bonchev–Trinajstić information content (AvgIpc) is 2.99. The van der Waals surface area contributed by atoms with Gasteiger partial charge in [0, 0.05) is 24.2 Å². The van der Waals surface area contributed by atoms with Crippen LogP contribution in [-0.4, -0.2) is 45.3 Å². The van der Waals surface area contributed by atoms with Crippen LogP contribution in [0.4, 0.5) is 11.4 Å². The van der Waals surface area contributed by atoms with Crippen LogP contribution in [0.25, 0.3) is 0 Å². The SMILES string of the molecule is CCCCCCCCCCCCCCCC(=O)NC1=C(CC)C(=Nc2ccc(N(CC)CNS(C)(=O)=O)cc2C)C=C(Cl)C1=O. The summed E-state index contributed by atoms with van der Waals surface area (Å²) in [5.41, 5.74) is 3.83. The van der Waals surface area contributed by atoms with Gasteiger partial charge in [-0.05, 0) is 56.5 Å². The van der Waals surface area contributed by atoms with E-state index in [9.17, 15) is 18.0 Å². The smallest absolute Gasteiger partial charge is 0.224 e. The van der Waals surface area contributed by atoms with E-state index in [0.29, 0.717) is 36.4 Å². The number of Topliss-reactive ketones (excluding diaryl/α,β-unsaturated/α-hetero) is 1. The fourth-order valence-electron chi connectivity index (χ4n) is 5.42. The summed E-state index contributed by atoms with van der Waals surface area (Å²) in [6.45, 7) is 8.82. The molecule has 0 bridgehead atoms. The number of aliphatic imine (C=N–C) groups is 1. The zero-order valence-corrected chi connectivity index (χ0v) is 29.7. The highest BCUT2D eigenvalue weighted by Crippen LogP contribution is 2.29. The van der Waals surface area contributed by atoms with Crippen LogP contribution in [0.5, 0.6) is 0 Å². The quantitative estimate of drug-likeness (QED) is 0.0737. The van der Waals surface area contributed by atoms with E-state index < -0.39 is 15.8 Å². The van der Waals surface area contributed by atoms with Crippen molar-refractivity contribution in [1.29, 1.82) is 0 Å². The number of benzene rings is 1. The maximum atomic E-state index is 13.0. The Morgan fingerprint density at radius 3 is 2.00 bits per heavy atom. The van der Waals surface area contributed by atoms with Gasteiger partial charge in [-0.15, -0.1) is 0 Å². The minimum absolute atomic E-state index is 0.0143. The summed E-state index contributed by atoms with van der Waals surface area (Å²) in [5.74, 6) is -0.573. The van der Waals surface area contributed by atoms with Crippen LogP contribution >= 0.6 is 11.6 Å². The number of sulfonamides is 1. The Kier molecular flexibility index (Phi) is 17.7. The average molecular weight is 663 g/mol. The molecule has 0 atom stereocenters. The van der Waals surface area contributed by atoms with E-state index >= 15 is 0 Å². The Labute approximate surface area is 277 Å². The largest absolute Gasteiger partial charge is 0.358 e. The third kappa shape index (κ3) is 14.2. The number of aryl methyl sites for hydroxylation is 1. The van der Waals surface area contributed by atoms with Crippen LogP contribution in [0.1, 0.15) is 123 Å². The number of amides is 1. The van der Waals surface area contributed by atoms with Crippen molar-refractivity contribution in [3.05, 3.63) is 46.1 Å². The Hall–Kier alpha value is -2.49. The number of nitrogens with zero attached hydrogens (tertiary/aromatic N) is 2. The number of carbonyl (C=O) groups excluding carboxylic acids is 2. The molecule has 0 heterocycles. The monoisotopic (exact) mass is 662 g/mol. The molecule has 8 nitrogen and oxygen atoms in total. The van der Waals surface area contributed by atoms with E-state index in [4.69, 9.17) is 16.6 Å². The zero-order chi connectivity index (χ0) is 33.2. The van der Waals surface area contributed by atoms with Crippen molar-refractivity contribution in [2.75, 3.05) is 24.4 Å². The fourth-order valence-corrected chi connectivity index (χ4v) is 6.01. The van der Waals surface area contributed by atoms with Gasteiger partial charge in [0.2, 0.25) is 21.7 Å². The molecule has 0 saturated carbocycles. The van der Waals surface area contributed by atoms with Crippen molar-refractivity contribution >= 4 is 50.4 Å². The Morgan fingerprint density at radius 2 is 1.49 bits per heavy atom. The molecular weight excluding hydrogens is 608 g/mol. The minimum Gasteiger partial charge on any atom is -0.358 e. The van der Waals surface area contributed by atoms with Crippen molar-refractivity contribution < 1.29 is 18.0 Å². The molecular formula is C35H55ClN4O4S. The first kappa shape index (κ1) is 38.7. The number of hydrogen-bond acceptors (Lipinski definition) is 6. The molecule has 0 radical (unpaired) electrons. The van der Waals surface area contributed by atoms with Crippen molar-refractivity contribution in [3.8, 4) is 0 Å². The molecule has 1 aliphatic carbocycles. The number of rotatable bonds is 22. The lowest BCUT2D eigenvalue weighted by atomic mass is 9.96. The normalized spacial score (nSPS) is 14.7. The molecule has 0 aliphatic heterocycles. The van der Waals surface area contributed by atoms with Gasteiger partial charge in [-0.3, -0.25) is 9.59 Å². The van der Waals surface area contributed by atoms with E-state index in [-0.39, 0.29) is 23.3 Å². The molecule has 2 N–H and O–H groups in total. The van der Waals surface area contributed by atoms with Gasteiger partial charge in [0.25, 0.3) is 0 Å². The molecule has 1 amide bonds. The maximum absolute atomic E-state index is 13.0. The number of unbranched alkanes of at least 4 members (excludes halogenated alkanes) is 12. The standard InChI is InChI=1S/C35H55ClN4O4S/c1-6-9-10-11-12-13-14-15-16-17-18-19-20-21-33(41)39-34-29(7-2)32(25-30(36)35(34)42)38-31-23-22-28(24-27(31)4)40(8-3)26-37-45(5,43)44/h22-25,37H,6-21,26H2,1-5H3,(H,39,41). The third-order valence-electron chi connectivity index (χ3n) is 8.13. The first-order valence-corrected chi connectivity index (χ1v) is 19.1. The lowest BCUT2D eigenvalue weighted by Crippen LogP contribution is -2.37. The third-order valence-corrected chi connectivity index (χ3v) is 9.06. The molecule has 1 aromatic carbocycles. The number of hydrogen-bond donors (Lipinski definition) is 2. The lowest BCUT2D eigenvalue weighted by molar-refractivity contribution is -0.122. The Balaban J connectivity index is 1.95. The van der Waals surface area contributed by atoms with Gasteiger partial charge in [-0.2, -0.15) is 4.72 Å². The number of nitrogens with one attached hydrogen (secondary N) is 2. The highest BCUT2D eigenvalue weighted by molar-refractivity contribution is 7.88. The second kappa shape index (κ2) is 20.6. The number of carbonyl (C=O) groups is 2. The summed E-state index contributed by atoms with van der Waals surface area (Å²) >= 11 is 6.34. The molecule has 2 rings (SSSR count). The molecule has 1 aromatic rings. The topological polar surface area (TPSA) is 108 Å². The fraction of sp³-hybridized carbons (Fsp3) is 0.629. The van der Waals surface area contributed by atoms with Crippen LogP contribution in [0.3, 0.4) is 0 Å².